The van der Waals surface area contributed by atoms with Crippen molar-refractivity contribution < 1.29 is 48.2 Å². The number of fused-ring (bicyclic) bond motifs is 1. The molecule has 5 amide bonds. The molecule has 0 radical (unpaired) electrons. The number of carboxylic acid groups (broad SMARTS) is 1. The summed E-state index contributed by atoms with van der Waals surface area (Å²) in [6.07, 6.45) is -0.904. The van der Waals surface area contributed by atoms with Crippen LogP contribution in [0.4, 0.5) is 4.79 Å². The largest absolute Gasteiger partial charge is 0.480 e. The molecule has 4 atom stereocenters. The van der Waals surface area contributed by atoms with Crippen molar-refractivity contribution in [1.82, 2.24) is 25.8 Å². The third-order valence-corrected chi connectivity index (χ3v) is 9.02. The molecular weight excluding hydrogens is 674 g/mol. The van der Waals surface area contributed by atoms with Crippen LogP contribution in [0.5, 0.6) is 0 Å². The molecule has 52 heavy (non-hydrogen) atoms. The molecule has 0 saturated carbocycles. The number of ketones is 2. The lowest BCUT2D eigenvalue weighted by Crippen LogP contribution is -2.58. The number of rotatable bonds is 15. The fourth-order valence-corrected chi connectivity index (χ4v) is 6.25. The molecule has 15 heteroatoms. The van der Waals surface area contributed by atoms with E-state index in [0.717, 1.165) is 16.0 Å². The fraction of sp³-hybridized carbons (Fsp3) is 0.459. The number of amides is 5. The number of hydrogen-bond donors (Lipinski definition) is 4. The van der Waals surface area contributed by atoms with Gasteiger partial charge in [0.1, 0.15) is 24.7 Å². The highest BCUT2D eigenvalue weighted by Gasteiger charge is 2.45. The molecule has 0 aromatic heterocycles. The van der Waals surface area contributed by atoms with Gasteiger partial charge >= 0.3 is 12.1 Å². The first-order valence-corrected chi connectivity index (χ1v) is 17.3. The van der Waals surface area contributed by atoms with E-state index in [2.05, 4.69) is 10.6 Å². The quantitative estimate of drug-likeness (QED) is 0.193. The van der Waals surface area contributed by atoms with Gasteiger partial charge in [-0.1, -0.05) is 81.8 Å². The molecule has 2 heterocycles. The van der Waals surface area contributed by atoms with E-state index in [1.54, 1.807) is 51.1 Å². The molecule has 278 valence electrons. The average Bonchev–Trinajstić information content (AvgIpc) is 3.55. The van der Waals surface area contributed by atoms with Crippen LogP contribution < -0.4 is 16.0 Å². The Morgan fingerprint density at radius 3 is 2.23 bits per heavy atom. The zero-order chi connectivity index (χ0) is 37.9. The van der Waals surface area contributed by atoms with Crippen LogP contribution in [0, 0.1) is 5.92 Å². The zero-order valence-electron chi connectivity index (χ0n) is 29.5. The first-order chi connectivity index (χ1) is 24.8. The topological polar surface area (TPSA) is 209 Å². The average molecular weight is 720 g/mol. The Hall–Kier alpha value is -5.60. The van der Waals surface area contributed by atoms with Gasteiger partial charge in [-0.15, -0.1) is 0 Å². The number of aliphatic carboxylic acids is 1. The second kappa shape index (κ2) is 18.1. The number of hydrogen-bond acceptors (Lipinski definition) is 9. The molecule has 1 fully saturated rings. The summed E-state index contributed by atoms with van der Waals surface area (Å²) in [4.78, 5) is 106. The molecule has 0 aliphatic carbocycles. The molecule has 0 spiro atoms. The summed E-state index contributed by atoms with van der Waals surface area (Å²) >= 11 is 0. The third kappa shape index (κ3) is 10.2. The molecule has 2 aromatic carbocycles. The number of carboxylic acids is 1. The minimum absolute atomic E-state index is 0.0365. The number of benzene rings is 2. The standard InChI is InChI=1S/C37H45N5O10/c1-4-10-27(32(46)35(49)38-19-30(44)45)39-33(47)28-18-26(52-37(51)41-16-15-24-13-8-9-14-25(24)20-41)21-42(28)36(50)31(22(2)3)40-34(48)29(43)17-23-11-6-5-7-12-23/h5-9,11-14,22,26-28,31H,4,10,15-21H2,1-3H3,(H,38,49)(H,39,47)(H,40,48)(H,44,45)/t26-,27?,28?,31+/m1/s1. The zero-order valence-corrected chi connectivity index (χ0v) is 29.5. The van der Waals surface area contributed by atoms with E-state index < -0.39 is 83.9 Å². The van der Waals surface area contributed by atoms with Crippen molar-refractivity contribution >= 4 is 47.3 Å². The Morgan fingerprint density at radius 2 is 1.58 bits per heavy atom. The first-order valence-electron chi connectivity index (χ1n) is 17.3. The summed E-state index contributed by atoms with van der Waals surface area (Å²) in [6.45, 7) is 4.73. The normalized spacial score (nSPS) is 17.7. The van der Waals surface area contributed by atoms with E-state index in [1.165, 1.54) is 4.90 Å². The predicted molar refractivity (Wildman–Crippen MR) is 185 cm³/mol. The van der Waals surface area contributed by atoms with Crippen molar-refractivity contribution in [2.24, 2.45) is 5.92 Å². The van der Waals surface area contributed by atoms with Gasteiger partial charge in [0.15, 0.2) is 0 Å². The highest BCUT2D eigenvalue weighted by atomic mass is 16.6. The fourth-order valence-electron chi connectivity index (χ4n) is 6.25. The van der Waals surface area contributed by atoms with Gasteiger partial charge in [-0.2, -0.15) is 0 Å². The SMILES string of the molecule is CCCC(NC(=O)C1C[C@@H](OC(=O)N2CCc3ccccc3C2)CN1C(=O)[C@@H](NC(=O)C(=O)Cc1ccccc1)C(C)C)C(=O)C(=O)NCC(=O)O. The van der Waals surface area contributed by atoms with E-state index >= 15 is 0 Å². The lowest BCUT2D eigenvalue weighted by molar-refractivity contribution is -0.145. The number of nitrogens with one attached hydrogen (secondary N) is 3. The molecule has 15 nitrogen and oxygen atoms in total. The molecule has 4 N–H and O–H groups in total. The van der Waals surface area contributed by atoms with E-state index in [0.29, 0.717) is 31.5 Å². The molecule has 2 unspecified atom stereocenters. The monoisotopic (exact) mass is 719 g/mol. The number of carbonyl (C=O) groups is 8. The Bertz CT molecular complexity index is 1680. The van der Waals surface area contributed by atoms with E-state index in [1.807, 2.05) is 29.6 Å². The second-order valence-corrected chi connectivity index (χ2v) is 13.3. The van der Waals surface area contributed by atoms with Crippen molar-refractivity contribution in [2.75, 3.05) is 19.6 Å². The molecule has 2 aliphatic heterocycles. The smallest absolute Gasteiger partial charge is 0.410 e. The summed E-state index contributed by atoms with van der Waals surface area (Å²) in [5, 5.41) is 15.9. The summed E-state index contributed by atoms with van der Waals surface area (Å²) < 4.78 is 5.83. The molecule has 4 rings (SSSR count). The van der Waals surface area contributed by atoms with E-state index in [9.17, 15) is 38.4 Å². The molecule has 0 bridgehead atoms. The Kier molecular flexibility index (Phi) is 13.6. The minimum Gasteiger partial charge on any atom is -0.480 e. The van der Waals surface area contributed by atoms with Crippen LogP contribution in [-0.2, 0) is 57.7 Å². The maximum Gasteiger partial charge on any atom is 0.410 e. The number of likely N-dealkylation sites (tertiary alicyclic amines) is 1. The van der Waals surface area contributed by atoms with Gasteiger partial charge < -0.3 is 35.6 Å². The summed E-state index contributed by atoms with van der Waals surface area (Å²) in [5.74, 6) is -7.43. The number of carbonyl (C=O) groups excluding carboxylic acids is 7. The van der Waals surface area contributed by atoms with E-state index in [-0.39, 0.29) is 25.8 Å². The van der Waals surface area contributed by atoms with Crippen LogP contribution in [0.3, 0.4) is 0 Å². The van der Waals surface area contributed by atoms with Crippen LogP contribution in [0.15, 0.2) is 54.6 Å². The summed E-state index contributed by atoms with van der Waals surface area (Å²) in [5.41, 5.74) is 2.71. The Morgan fingerprint density at radius 1 is 0.904 bits per heavy atom. The highest BCUT2D eigenvalue weighted by molar-refractivity contribution is 6.38. The van der Waals surface area contributed by atoms with Gasteiger partial charge in [-0.3, -0.25) is 33.6 Å². The van der Waals surface area contributed by atoms with Crippen molar-refractivity contribution in [1.29, 1.82) is 0 Å². The van der Waals surface area contributed by atoms with Crippen molar-refractivity contribution in [2.45, 2.75) is 83.6 Å². The lowest BCUT2D eigenvalue weighted by atomic mass is 10.0. The third-order valence-electron chi connectivity index (χ3n) is 9.02. The van der Waals surface area contributed by atoms with Gasteiger partial charge in [0.2, 0.25) is 23.4 Å². The highest BCUT2D eigenvalue weighted by Crippen LogP contribution is 2.26. The predicted octanol–water partition coefficient (Wildman–Crippen LogP) is 1.16. The van der Waals surface area contributed by atoms with Gasteiger partial charge in [-0.05, 0) is 35.4 Å². The molecule has 2 aliphatic rings. The summed E-state index contributed by atoms with van der Waals surface area (Å²) in [7, 11) is 0. The van der Waals surface area contributed by atoms with Gasteiger partial charge in [-0.25, -0.2) is 4.79 Å². The first kappa shape index (κ1) is 39.2. The lowest BCUT2D eigenvalue weighted by Gasteiger charge is -2.31. The number of nitrogens with zero attached hydrogens (tertiary/aromatic N) is 2. The Labute approximate surface area is 301 Å². The second-order valence-electron chi connectivity index (χ2n) is 13.3. The Balaban J connectivity index is 1.53. The van der Waals surface area contributed by atoms with Crippen LogP contribution >= 0.6 is 0 Å². The van der Waals surface area contributed by atoms with Crippen LogP contribution in [0.25, 0.3) is 0 Å². The van der Waals surface area contributed by atoms with Crippen molar-refractivity contribution in [3.8, 4) is 0 Å². The van der Waals surface area contributed by atoms with Gasteiger partial charge in [0.05, 0.1) is 12.6 Å². The number of ether oxygens (including phenoxy) is 1. The number of Topliss-reactive ketones (excluding diaryl/α,β-unsaturated/α-hetero) is 2. The summed E-state index contributed by atoms with van der Waals surface area (Å²) in [6, 6.07) is 12.5. The minimum atomic E-state index is -1.36. The molecule has 2 aromatic rings. The van der Waals surface area contributed by atoms with Gasteiger partial charge in [0, 0.05) is 25.9 Å². The maximum absolute atomic E-state index is 14.2. The van der Waals surface area contributed by atoms with Crippen molar-refractivity contribution in [3.05, 3.63) is 71.3 Å². The van der Waals surface area contributed by atoms with Crippen molar-refractivity contribution in [3.63, 3.8) is 0 Å². The molecule has 1 saturated heterocycles. The van der Waals surface area contributed by atoms with Crippen LogP contribution in [-0.4, -0.2) is 106 Å². The maximum atomic E-state index is 14.2. The van der Waals surface area contributed by atoms with E-state index in [4.69, 9.17) is 9.84 Å². The molecular formula is C37H45N5O10. The van der Waals surface area contributed by atoms with Crippen LogP contribution in [0.2, 0.25) is 0 Å². The van der Waals surface area contributed by atoms with Crippen LogP contribution in [0.1, 0.15) is 56.7 Å². The van der Waals surface area contributed by atoms with Gasteiger partial charge in [0.25, 0.3) is 11.8 Å².